The van der Waals surface area contributed by atoms with Crippen LogP contribution in [0.3, 0.4) is 0 Å². The largest absolute Gasteiger partial charge is 0.380 e. The van der Waals surface area contributed by atoms with Crippen LogP contribution in [-0.2, 0) is 9.47 Å². The van der Waals surface area contributed by atoms with E-state index in [1.165, 1.54) is 6.42 Å². The summed E-state index contributed by atoms with van der Waals surface area (Å²) in [6, 6.07) is 0.0364. The molecule has 1 fully saturated rings. The van der Waals surface area contributed by atoms with Crippen molar-refractivity contribution in [2.24, 2.45) is 5.73 Å². The van der Waals surface area contributed by atoms with Crippen molar-refractivity contribution in [1.82, 2.24) is 0 Å². The van der Waals surface area contributed by atoms with Gasteiger partial charge in [0.1, 0.15) is 5.60 Å². The Hall–Kier alpha value is -0.120. The zero-order valence-corrected chi connectivity index (χ0v) is 8.01. The first-order valence-corrected chi connectivity index (χ1v) is 4.66. The van der Waals surface area contributed by atoms with Crippen LogP contribution >= 0.6 is 0 Å². The quantitative estimate of drug-likeness (QED) is 0.480. The Labute approximate surface area is 74.2 Å². The number of nitrogens with two attached hydrogens (primary N) is 1. The monoisotopic (exact) mass is 173 g/mol. The van der Waals surface area contributed by atoms with Gasteiger partial charge in [0.25, 0.3) is 0 Å². The number of ether oxygens (including phenoxy) is 2. The maximum atomic E-state index is 5.85. The van der Waals surface area contributed by atoms with Gasteiger partial charge in [0.2, 0.25) is 0 Å². The standard InChI is InChI=1S/C9H19NO2/c1-3-4-5-11-6-8(10)9(2)7-12-9/h8H,3-7,10H2,1-2H3/t8?,9-/m0/s1. The highest BCUT2D eigenvalue weighted by atomic mass is 16.6. The van der Waals surface area contributed by atoms with Crippen LogP contribution in [0.1, 0.15) is 26.7 Å². The molecule has 0 spiro atoms. The molecule has 1 unspecified atom stereocenters. The molecule has 3 heteroatoms. The molecule has 0 aromatic rings. The number of rotatable bonds is 6. The van der Waals surface area contributed by atoms with E-state index in [4.69, 9.17) is 15.2 Å². The van der Waals surface area contributed by atoms with Gasteiger partial charge >= 0.3 is 0 Å². The Morgan fingerprint density at radius 1 is 1.67 bits per heavy atom. The van der Waals surface area contributed by atoms with Crippen LogP contribution in [0.5, 0.6) is 0 Å². The Kier molecular flexibility index (Phi) is 3.50. The van der Waals surface area contributed by atoms with Gasteiger partial charge < -0.3 is 15.2 Å². The lowest BCUT2D eigenvalue weighted by molar-refractivity contribution is 0.0956. The van der Waals surface area contributed by atoms with Crippen molar-refractivity contribution in [3.63, 3.8) is 0 Å². The lowest BCUT2D eigenvalue weighted by Crippen LogP contribution is -2.39. The van der Waals surface area contributed by atoms with E-state index in [0.29, 0.717) is 6.61 Å². The normalized spacial score (nSPS) is 30.2. The number of hydrogen-bond acceptors (Lipinski definition) is 3. The van der Waals surface area contributed by atoms with Crippen LogP contribution in [0.25, 0.3) is 0 Å². The first-order chi connectivity index (χ1) is 5.69. The van der Waals surface area contributed by atoms with Gasteiger partial charge in [0.15, 0.2) is 0 Å². The topological polar surface area (TPSA) is 47.8 Å². The third kappa shape index (κ3) is 2.73. The van der Waals surface area contributed by atoms with Gasteiger partial charge in [0, 0.05) is 6.61 Å². The summed E-state index contributed by atoms with van der Waals surface area (Å²) in [6.07, 6.45) is 2.29. The molecule has 1 saturated heterocycles. The van der Waals surface area contributed by atoms with E-state index >= 15 is 0 Å². The Balaban J connectivity index is 1.99. The molecule has 3 nitrogen and oxygen atoms in total. The van der Waals surface area contributed by atoms with Gasteiger partial charge in [-0.1, -0.05) is 13.3 Å². The highest BCUT2D eigenvalue weighted by molar-refractivity contribution is 4.96. The molecule has 1 aliphatic heterocycles. The average molecular weight is 173 g/mol. The van der Waals surface area contributed by atoms with E-state index in [2.05, 4.69) is 6.92 Å². The molecule has 0 bridgehead atoms. The minimum absolute atomic E-state index is 0.0364. The first kappa shape index (κ1) is 9.96. The predicted octanol–water partition coefficient (Wildman–Crippen LogP) is 0.919. The summed E-state index contributed by atoms with van der Waals surface area (Å²) < 4.78 is 10.6. The lowest BCUT2D eigenvalue weighted by Gasteiger charge is -2.15. The molecule has 1 rings (SSSR count). The van der Waals surface area contributed by atoms with Crippen molar-refractivity contribution in [3.8, 4) is 0 Å². The fourth-order valence-electron chi connectivity index (χ4n) is 0.961. The summed E-state index contributed by atoms with van der Waals surface area (Å²) in [5, 5.41) is 0. The molecule has 1 heterocycles. The van der Waals surface area contributed by atoms with Gasteiger partial charge in [-0.3, -0.25) is 0 Å². The summed E-state index contributed by atoms with van der Waals surface area (Å²) >= 11 is 0. The second kappa shape index (κ2) is 4.21. The summed E-state index contributed by atoms with van der Waals surface area (Å²) in [5.74, 6) is 0. The number of epoxide rings is 1. The van der Waals surface area contributed by atoms with Crippen molar-refractivity contribution in [1.29, 1.82) is 0 Å². The van der Waals surface area contributed by atoms with E-state index in [1.54, 1.807) is 0 Å². The summed E-state index contributed by atoms with van der Waals surface area (Å²) in [5.41, 5.74) is 5.75. The van der Waals surface area contributed by atoms with Gasteiger partial charge in [-0.15, -0.1) is 0 Å². The number of hydrogen-bond donors (Lipinski definition) is 1. The van der Waals surface area contributed by atoms with Crippen molar-refractivity contribution in [2.75, 3.05) is 19.8 Å². The second-order valence-electron chi connectivity index (χ2n) is 3.64. The van der Waals surface area contributed by atoms with E-state index in [-0.39, 0.29) is 11.6 Å². The third-order valence-electron chi connectivity index (χ3n) is 2.32. The molecular formula is C9H19NO2. The predicted molar refractivity (Wildman–Crippen MR) is 48.1 cm³/mol. The first-order valence-electron chi connectivity index (χ1n) is 4.66. The van der Waals surface area contributed by atoms with Gasteiger partial charge in [-0.2, -0.15) is 0 Å². The third-order valence-corrected chi connectivity index (χ3v) is 2.32. The molecule has 2 N–H and O–H groups in total. The maximum absolute atomic E-state index is 5.85. The maximum Gasteiger partial charge on any atom is 0.106 e. The molecule has 0 amide bonds. The van der Waals surface area contributed by atoms with E-state index in [9.17, 15) is 0 Å². The Morgan fingerprint density at radius 3 is 2.83 bits per heavy atom. The molecule has 0 radical (unpaired) electrons. The van der Waals surface area contributed by atoms with Crippen LogP contribution in [0.15, 0.2) is 0 Å². The van der Waals surface area contributed by atoms with Gasteiger partial charge in [-0.25, -0.2) is 0 Å². The van der Waals surface area contributed by atoms with Crippen LogP contribution in [-0.4, -0.2) is 31.5 Å². The summed E-state index contributed by atoms with van der Waals surface area (Å²) in [6.45, 7) is 6.40. The fourth-order valence-corrected chi connectivity index (χ4v) is 0.961. The highest BCUT2D eigenvalue weighted by Gasteiger charge is 2.45. The minimum Gasteiger partial charge on any atom is -0.380 e. The fraction of sp³-hybridized carbons (Fsp3) is 1.00. The summed E-state index contributed by atoms with van der Waals surface area (Å²) in [7, 11) is 0. The lowest BCUT2D eigenvalue weighted by atomic mass is 10.1. The zero-order chi connectivity index (χ0) is 9.03. The van der Waals surface area contributed by atoms with Gasteiger partial charge in [0.05, 0.1) is 19.3 Å². The van der Waals surface area contributed by atoms with Gasteiger partial charge in [-0.05, 0) is 13.3 Å². The molecule has 1 aliphatic rings. The molecule has 0 aliphatic carbocycles. The van der Waals surface area contributed by atoms with Crippen molar-refractivity contribution in [2.45, 2.75) is 38.3 Å². The Bertz CT molecular complexity index is 134. The molecule has 2 atom stereocenters. The Morgan fingerprint density at radius 2 is 2.33 bits per heavy atom. The molecule has 0 aromatic carbocycles. The van der Waals surface area contributed by atoms with Crippen LogP contribution < -0.4 is 5.73 Å². The van der Waals surface area contributed by atoms with Crippen molar-refractivity contribution >= 4 is 0 Å². The van der Waals surface area contributed by atoms with Crippen molar-refractivity contribution < 1.29 is 9.47 Å². The molecular weight excluding hydrogens is 154 g/mol. The molecule has 72 valence electrons. The average Bonchev–Trinajstić information content (AvgIpc) is 2.78. The highest BCUT2D eigenvalue weighted by Crippen LogP contribution is 2.28. The molecule has 0 aromatic heterocycles. The van der Waals surface area contributed by atoms with E-state index < -0.39 is 0 Å². The SMILES string of the molecule is CCCCOCC(N)[C@]1(C)CO1. The smallest absolute Gasteiger partial charge is 0.106 e. The number of unbranched alkanes of at least 4 members (excludes halogenated alkanes) is 1. The second-order valence-corrected chi connectivity index (χ2v) is 3.64. The zero-order valence-electron chi connectivity index (χ0n) is 8.01. The van der Waals surface area contributed by atoms with E-state index in [1.807, 2.05) is 6.92 Å². The summed E-state index contributed by atoms with van der Waals surface area (Å²) in [4.78, 5) is 0. The van der Waals surface area contributed by atoms with Crippen LogP contribution in [0.2, 0.25) is 0 Å². The van der Waals surface area contributed by atoms with Crippen LogP contribution in [0.4, 0.5) is 0 Å². The molecule has 0 saturated carbocycles. The van der Waals surface area contributed by atoms with Crippen molar-refractivity contribution in [3.05, 3.63) is 0 Å². The molecule has 12 heavy (non-hydrogen) atoms. The minimum atomic E-state index is -0.0911. The van der Waals surface area contributed by atoms with Crippen LogP contribution in [0, 0.1) is 0 Å². The van der Waals surface area contributed by atoms with E-state index in [0.717, 1.165) is 19.6 Å².